The van der Waals surface area contributed by atoms with Gasteiger partial charge in [0.1, 0.15) is 5.82 Å². The van der Waals surface area contributed by atoms with Crippen molar-refractivity contribution >= 4 is 43.0 Å². The van der Waals surface area contributed by atoms with Crippen LogP contribution >= 0.6 is 0 Å². The van der Waals surface area contributed by atoms with Crippen LogP contribution in [0, 0.1) is 12.7 Å². The molecule has 4 rings (SSSR count). The number of sulfonamides is 2. The quantitative estimate of drug-likeness (QED) is 0.290. The van der Waals surface area contributed by atoms with E-state index in [0.717, 1.165) is 29.5 Å². The Bertz CT molecular complexity index is 1690. The number of carbonyl (C=O) groups is 1. The Morgan fingerprint density at radius 1 is 0.795 bits per heavy atom. The standard InChI is InChI=1S/C28H26FN3O5S2/c1-20-5-3-4-6-22(20)19-32(38(2,34)35)26-15-7-21(8-16-26)28(33)30-24-13-17-27(18-14-24)39(36,37)31-25-11-9-23(29)10-12-25/h3-18,31H,19H2,1-2H3,(H,30,33). The highest BCUT2D eigenvalue weighted by Crippen LogP contribution is 2.24. The van der Waals surface area contributed by atoms with Gasteiger partial charge in [-0.1, -0.05) is 24.3 Å². The van der Waals surface area contributed by atoms with Crippen molar-refractivity contribution in [2.75, 3.05) is 20.6 Å². The number of aryl methyl sites for hydroxylation is 1. The summed E-state index contributed by atoms with van der Waals surface area (Å²) in [6.45, 7) is 2.07. The second-order valence-electron chi connectivity index (χ2n) is 8.83. The van der Waals surface area contributed by atoms with Crippen LogP contribution in [0.4, 0.5) is 21.5 Å². The Morgan fingerprint density at radius 2 is 1.38 bits per heavy atom. The molecule has 0 heterocycles. The fourth-order valence-corrected chi connectivity index (χ4v) is 5.71. The normalized spacial score (nSPS) is 11.6. The maximum atomic E-state index is 13.1. The smallest absolute Gasteiger partial charge is 0.261 e. The van der Waals surface area contributed by atoms with Crippen LogP contribution in [0.3, 0.4) is 0 Å². The third kappa shape index (κ3) is 7.01. The van der Waals surface area contributed by atoms with Gasteiger partial charge in [-0.25, -0.2) is 21.2 Å². The van der Waals surface area contributed by atoms with Gasteiger partial charge in [0.05, 0.1) is 23.4 Å². The summed E-state index contributed by atoms with van der Waals surface area (Å²) in [5.74, 6) is -0.936. The molecule has 0 saturated carbocycles. The average molecular weight is 568 g/mol. The Hall–Kier alpha value is -4.22. The number of carbonyl (C=O) groups excluding carboxylic acids is 1. The molecule has 8 nitrogen and oxygen atoms in total. The molecule has 202 valence electrons. The lowest BCUT2D eigenvalue weighted by atomic mass is 10.1. The summed E-state index contributed by atoms with van der Waals surface area (Å²) in [5.41, 5.74) is 3.11. The number of benzene rings is 4. The van der Waals surface area contributed by atoms with Crippen LogP contribution in [0.5, 0.6) is 0 Å². The minimum Gasteiger partial charge on any atom is -0.322 e. The van der Waals surface area contributed by atoms with E-state index in [0.29, 0.717) is 11.4 Å². The summed E-state index contributed by atoms with van der Waals surface area (Å²) in [4.78, 5) is 12.7. The van der Waals surface area contributed by atoms with E-state index in [1.807, 2.05) is 31.2 Å². The lowest BCUT2D eigenvalue weighted by Crippen LogP contribution is -2.29. The summed E-state index contributed by atoms with van der Waals surface area (Å²) in [6, 6.07) is 24.1. The minimum atomic E-state index is -3.91. The Morgan fingerprint density at radius 3 is 1.97 bits per heavy atom. The maximum absolute atomic E-state index is 13.1. The highest BCUT2D eigenvalue weighted by Gasteiger charge is 2.20. The van der Waals surface area contributed by atoms with Gasteiger partial charge in [0.2, 0.25) is 10.0 Å². The van der Waals surface area contributed by atoms with E-state index in [-0.39, 0.29) is 22.7 Å². The first-order valence-corrected chi connectivity index (χ1v) is 15.1. The molecule has 0 radical (unpaired) electrons. The van der Waals surface area contributed by atoms with Crippen LogP contribution in [-0.2, 0) is 26.6 Å². The number of anilines is 3. The van der Waals surface area contributed by atoms with Crippen LogP contribution in [0.2, 0.25) is 0 Å². The van der Waals surface area contributed by atoms with Gasteiger partial charge < -0.3 is 5.32 Å². The predicted octanol–water partition coefficient (Wildman–Crippen LogP) is 5.15. The first kappa shape index (κ1) is 27.8. The van der Waals surface area contributed by atoms with Gasteiger partial charge in [-0.15, -0.1) is 0 Å². The zero-order valence-electron chi connectivity index (χ0n) is 21.1. The third-order valence-corrected chi connectivity index (χ3v) is 8.45. The van der Waals surface area contributed by atoms with Crippen molar-refractivity contribution in [1.29, 1.82) is 0 Å². The molecule has 0 atom stereocenters. The van der Waals surface area contributed by atoms with Crippen molar-refractivity contribution < 1.29 is 26.0 Å². The second-order valence-corrected chi connectivity index (χ2v) is 12.4. The van der Waals surface area contributed by atoms with Crippen molar-refractivity contribution in [2.45, 2.75) is 18.4 Å². The fraction of sp³-hybridized carbons (Fsp3) is 0.107. The molecule has 0 aliphatic carbocycles. The molecule has 0 aliphatic heterocycles. The molecule has 0 unspecified atom stereocenters. The molecule has 2 N–H and O–H groups in total. The molecule has 0 aliphatic rings. The average Bonchev–Trinajstić information content (AvgIpc) is 2.89. The van der Waals surface area contributed by atoms with Crippen molar-refractivity contribution in [1.82, 2.24) is 0 Å². The number of halogens is 1. The van der Waals surface area contributed by atoms with E-state index in [1.54, 1.807) is 12.1 Å². The molecule has 4 aromatic carbocycles. The highest BCUT2D eigenvalue weighted by atomic mass is 32.2. The fourth-order valence-electron chi connectivity index (χ4n) is 3.77. The molecule has 0 fully saturated rings. The number of amides is 1. The summed E-state index contributed by atoms with van der Waals surface area (Å²) in [5, 5.41) is 2.69. The SMILES string of the molecule is Cc1ccccc1CN(c1ccc(C(=O)Nc2ccc(S(=O)(=O)Nc3ccc(F)cc3)cc2)cc1)S(C)(=O)=O. The van der Waals surface area contributed by atoms with E-state index >= 15 is 0 Å². The zero-order valence-corrected chi connectivity index (χ0v) is 22.8. The number of rotatable bonds is 9. The molecule has 11 heteroatoms. The van der Waals surface area contributed by atoms with Gasteiger partial charge in [0.15, 0.2) is 0 Å². The highest BCUT2D eigenvalue weighted by molar-refractivity contribution is 7.92. The van der Waals surface area contributed by atoms with Crippen LogP contribution in [-0.4, -0.2) is 29.0 Å². The molecule has 0 saturated heterocycles. The van der Waals surface area contributed by atoms with Crippen molar-refractivity contribution in [3.63, 3.8) is 0 Å². The molecule has 1 amide bonds. The summed E-state index contributed by atoms with van der Waals surface area (Å²) in [6.07, 6.45) is 1.13. The van der Waals surface area contributed by atoms with Crippen LogP contribution < -0.4 is 14.3 Å². The first-order chi connectivity index (χ1) is 18.4. The molecular formula is C28H26FN3O5S2. The zero-order chi connectivity index (χ0) is 28.2. The lowest BCUT2D eigenvalue weighted by molar-refractivity contribution is 0.102. The largest absolute Gasteiger partial charge is 0.322 e. The van der Waals surface area contributed by atoms with Gasteiger partial charge in [-0.2, -0.15) is 0 Å². The number of nitrogens with one attached hydrogen (secondary N) is 2. The summed E-state index contributed by atoms with van der Waals surface area (Å²) < 4.78 is 66.9. The topological polar surface area (TPSA) is 113 Å². The van der Waals surface area contributed by atoms with Gasteiger partial charge in [0, 0.05) is 16.9 Å². The van der Waals surface area contributed by atoms with Crippen molar-refractivity contribution in [3.05, 3.63) is 120 Å². The molecule has 0 aromatic heterocycles. The second kappa shape index (κ2) is 11.3. The third-order valence-electron chi connectivity index (χ3n) is 5.91. The molecular weight excluding hydrogens is 541 g/mol. The van der Waals surface area contributed by atoms with E-state index < -0.39 is 31.8 Å². The van der Waals surface area contributed by atoms with Crippen molar-refractivity contribution in [3.8, 4) is 0 Å². The molecule has 4 aromatic rings. The predicted molar refractivity (Wildman–Crippen MR) is 150 cm³/mol. The first-order valence-electron chi connectivity index (χ1n) is 11.7. The van der Waals surface area contributed by atoms with Gasteiger partial charge in [0.25, 0.3) is 15.9 Å². The minimum absolute atomic E-state index is 0.0382. The van der Waals surface area contributed by atoms with E-state index in [9.17, 15) is 26.0 Å². The number of nitrogens with zero attached hydrogens (tertiary/aromatic N) is 1. The lowest BCUT2D eigenvalue weighted by Gasteiger charge is -2.23. The molecule has 39 heavy (non-hydrogen) atoms. The van der Waals surface area contributed by atoms with E-state index in [1.165, 1.54) is 52.8 Å². The van der Waals surface area contributed by atoms with Crippen molar-refractivity contribution in [2.24, 2.45) is 0 Å². The van der Waals surface area contributed by atoms with E-state index in [4.69, 9.17) is 0 Å². The summed E-state index contributed by atoms with van der Waals surface area (Å²) >= 11 is 0. The Labute approximate surface area is 227 Å². The van der Waals surface area contributed by atoms with Gasteiger partial charge >= 0.3 is 0 Å². The maximum Gasteiger partial charge on any atom is 0.261 e. The summed E-state index contributed by atoms with van der Waals surface area (Å²) in [7, 11) is -7.50. The Kier molecular flexibility index (Phi) is 8.03. The number of hydrogen-bond donors (Lipinski definition) is 2. The van der Waals surface area contributed by atoms with Crippen LogP contribution in [0.1, 0.15) is 21.5 Å². The molecule has 0 spiro atoms. The van der Waals surface area contributed by atoms with Crippen LogP contribution in [0.25, 0.3) is 0 Å². The monoisotopic (exact) mass is 567 g/mol. The van der Waals surface area contributed by atoms with E-state index in [2.05, 4.69) is 10.0 Å². The van der Waals surface area contributed by atoms with Gasteiger partial charge in [-0.05, 0) is 90.8 Å². The Balaban J connectivity index is 1.45. The van der Waals surface area contributed by atoms with Crippen LogP contribution in [0.15, 0.2) is 102 Å². The number of hydrogen-bond acceptors (Lipinski definition) is 5. The van der Waals surface area contributed by atoms with Gasteiger partial charge in [-0.3, -0.25) is 13.8 Å². The molecule has 0 bridgehead atoms.